The number of imide groups is 1. The molecule has 1 unspecified atom stereocenters. The van der Waals surface area contributed by atoms with Crippen LogP contribution in [0.4, 0.5) is 0 Å². The molecule has 5 heteroatoms. The molecule has 1 saturated carbocycles. The van der Waals surface area contributed by atoms with E-state index in [9.17, 15) is 9.59 Å². The normalized spacial score (nSPS) is 28.6. The summed E-state index contributed by atoms with van der Waals surface area (Å²) in [6, 6.07) is -0.0388. The lowest BCUT2D eigenvalue weighted by Crippen LogP contribution is -2.40. The Bertz CT molecular complexity index is 362. The molecule has 0 aromatic carbocycles. The van der Waals surface area contributed by atoms with Crippen molar-refractivity contribution in [3.05, 3.63) is 0 Å². The molecule has 0 aromatic heterocycles. The van der Waals surface area contributed by atoms with Crippen LogP contribution in [0.3, 0.4) is 0 Å². The first-order valence-electron chi connectivity index (χ1n) is 7.57. The summed E-state index contributed by atoms with van der Waals surface area (Å²) < 4.78 is 0. The molecular weight excluding hydrogens is 242 g/mol. The van der Waals surface area contributed by atoms with Crippen molar-refractivity contribution in [2.75, 3.05) is 26.2 Å². The number of nitrogens with one attached hydrogen (secondary N) is 1. The summed E-state index contributed by atoms with van der Waals surface area (Å²) in [6.07, 6.45) is 6.05. The summed E-state index contributed by atoms with van der Waals surface area (Å²) in [4.78, 5) is 27.8. The third-order valence-corrected chi connectivity index (χ3v) is 4.34. The largest absolute Gasteiger partial charge is 0.305 e. The van der Waals surface area contributed by atoms with Crippen LogP contribution < -0.4 is 5.32 Å². The predicted molar refractivity (Wildman–Crippen MR) is 71.6 cm³/mol. The van der Waals surface area contributed by atoms with Crippen LogP contribution in [0.1, 0.15) is 38.5 Å². The zero-order valence-electron chi connectivity index (χ0n) is 11.4. The van der Waals surface area contributed by atoms with Crippen molar-refractivity contribution >= 4 is 11.8 Å². The van der Waals surface area contributed by atoms with Gasteiger partial charge in [-0.1, -0.05) is 0 Å². The fourth-order valence-electron chi connectivity index (χ4n) is 3.11. The maximum atomic E-state index is 12.1. The van der Waals surface area contributed by atoms with Crippen LogP contribution in [0.25, 0.3) is 0 Å². The smallest absolute Gasteiger partial charge is 0.247 e. The molecular formula is C14H23N3O2. The average molecular weight is 265 g/mol. The Labute approximate surface area is 114 Å². The number of carbonyl (C=O) groups excluding carboxylic acids is 2. The van der Waals surface area contributed by atoms with Gasteiger partial charge in [0.25, 0.3) is 0 Å². The number of nitrogens with zero attached hydrogens (tertiary/aromatic N) is 2. The Morgan fingerprint density at radius 3 is 2.58 bits per heavy atom. The van der Waals surface area contributed by atoms with Crippen LogP contribution in [-0.2, 0) is 9.59 Å². The molecule has 1 atom stereocenters. The fourth-order valence-corrected chi connectivity index (χ4v) is 3.11. The molecule has 2 aliphatic heterocycles. The van der Waals surface area contributed by atoms with Crippen molar-refractivity contribution in [1.29, 1.82) is 0 Å². The molecule has 0 radical (unpaired) electrons. The number of hydrogen-bond donors (Lipinski definition) is 1. The van der Waals surface area contributed by atoms with E-state index in [-0.39, 0.29) is 23.9 Å². The lowest BCUT2D eigenvalue weighted by Gasteiger charge is -2.16. The second kappa shape index (κ2) is 5.59. The van der Waals surface area contributed by atoms with Crippen LogP contribution in [0, 0.1) is 0 Å². The van der Waals surface area contributed by atoms with Gasteiger partial charge in [0.1, 0.15) is 0 Å². The SMILES string of the molecule is O=C1CC(NCCCN2CCCC2)C(=O)N1C1CC1. The van der Waals surface area contributed by atoms with Gasteiger partial charge < -0.3 is 10.2 Å². The van der Waals surface area contributed by atoms with Crippen LogP contribution in [0.2, 0.25) is 0 Å². The van der Waals surface area contributed by atoms with Gasteiger partial charge in [-0.2, -0.15) is 0 Å². The molecule has 2 amide bonds. The molecule has 1 aliphatic carbocycles. The van der Waals surface area contributed by atoms with Crippen molar-refractivity contribution in [3.63, 3.8) is 0 Å². The molecule has 106 valence electrons. The van der Waals surface area contributed by atoms with Gasteiger partial charge in [0.15, 0.2) is 0 Å². The number of amides is 2. The van der Waals surface area contributed by atoms with Crippen molar-refractivity contribution < 1.29 is 9.59 Å². The quantitative estimate of drug-likeness (QED) is 0.556. The van der Waals surface area contributed by atoms with Crippen LogP contribution in [0.5, 0.6) is 0 Å². The first-order chi connectivity index (χ1) is 9.25. The van der Waals surface area contributed by atoms with Gasteiger partial charge in [-0.3, -0.25) is 14.5 Å². The van der Waals surface area contributed by atoms with E-state index in [1.54, 1.807) is 0 Å². The van der Waals surface area contributed by atoms with E-state index < -0.39 is 0 Å². The van der Waals surface area contributed by atoms with Crippen molar-refractivity contribution in [3.8, 4) is 0 Å². The lowest BCUT2D eigenvalue weighted by molar-refractivity contribution is -0.139. The zero-order chi connectivity index (χ0) is 13.2. The highest BCUT2D eigenvalue weighted by Gasteiger charge is 2.45. The highest BCUT2D eigenvalue weighted by Crippen LogP contribution is 2.31. The second-order valence-electron chi connectivity index (χ2n) is 5.95. The van der Waals surface area contributed by atoms with Gasteiger partial charge in [-0.15, -0.1) is 0 Å². The Morgan fingerprint density at radius 2 is 1.89 bits per heavy atom. The zero-order valence-corrected chi connectivity index (χ0v) is 11.4. The predicted octanol–water partition coefficient (Wildman–Crippen LogP) is 0.352. The van der Waals surface area contributed by atoms with Gasteiger partial charge in [0.2, 0.25) is 11.8 Å². The highest BCUT2D eigenvalue weighted by molar-refractivity contribution is 6.06. The van der Waals surface area contributed by atoms with Crippen LogP contribution >= 0.6 is 0 Å². The number of carbonyl (C=O) groups is 2. The van der Waals surface area contributed by atoms with Crippen LogP contribution in [0.15, 0.2) is 0 Å². The fraction of sp³-hybridized carbons (Fsp3) is 0.857. The molecule has 5 nitrogen and oxygen atoms in total. The molecule has 0 aromatic rings. The minimum absolute atomic E-state index is 0.00803. The highest BCUT2D eigenvalue weighted by atomic mass is 16.2. The molecule has 2 saturated heterocycles. The molecule has 19 heavy (non-hydrogen) atoms. The van der Waals surface area contributed by atoms with E-state index in [0.29, 0.717) is 6.42 Å². The van der Waals surface area contributed by atoms with E-state index in [4.69, 9.17) is 0 Å². The van der Waals surface area contributed by atoms with Crippen molar-refractivity contribution in [1.82, 2.24) is 15.1 Å². The summed E-state index contributed by atoms with van der Waals surface area (Å²) >= 11 is 0. The number of rotatable bonds is 6. The summed E-state index contributed by atoms with van der Waals surface area (Å²) in [5.74, 6) is 0.0261. The second-order valence-corrected chi connectivity index (χ2v) is 5.95. The maximum Gasteiger partial charge on any atom is 0.247 e. The summed E-state index contributed by atoms with van der Waals surface area (Å²) in [5.41, 5.74) is 0. The Balaban J connectivity index is 1.38. The standard InChI is InChI=1S/C14H23N3O2/c18-13-10-12(14(19)17(13)11-4-5-11)15-6-3-9-16-7-1-2-8-16/h11-12,15H,1-10H2. The summed E-state index contributed by atoms with van der Waals surface area (Å²) in [6.45, 7) is 4.37. The lowest BCUT2D eigenvalue weighted by atomic mass is 10.2. The van der Waals surface area contributed by atoms with Gasteiger partial charge in [-0.25, -0.2) is 0 Å². The first-order valence-corrected chi connectivity index (χ1v) is 7.57. The molecule has 3 aliphatic rings. The van der Waals surface area contributed by atoms with E-state index in [2.05, 4.69) is 10.2 Å². The number of hydrogen-bond acceptors (Lipinski definition) is 4. The molecule has 0 spiro atoms. The van der Waals surface area contributed by atoms with E-state index in [1.807, 2.05) is 0 Å². The van der Waals surface area contributed by atoms with Gasteiger partial charge in [0.05, 0.1) is 12.5 Å². The Hall–Kier alpha value is -0.940. The van der Waals surface area contributed by atoms with Gasteiger partial charge >= 0.3 is 0 Å². The van der Waals surface area contributed by atoms with E-state index in [1.165, 1.54) is 30.8 Å². The van der Waals surface area contributed by atoms with E-state index in [0.717, 1.165) is 32.4 Å². The molecule has 2 heterocycles. The topological polar surface area (TPSA) is 52.7 Å². The average Bonchev–Trinajstić information content (AvgIpc) is 2.99. The first kappa shape index (κ1) is 13.1. The summed E-state index contributed by atoms with van der Waals surface area (Å²) in [5, 5.41) is 3.26. The maximum absolute atomic E-state index is 12.1. The monoisotopic (exact) mass is 265 g/mol. The molecule has 3 rings (SSSR count). The molecule has 3 fully saturated rings. The van der Waals surface area contributed by atoms with E-state index >= 15 is 0 Å². The molecule has 1 N–H and O–H groups in total. The third-order valence-electron chi connectivity index (χ3n) is 4.34. The van der Waals surface area contributed by atoms with Crippen LogP contribution in [-0.4, -0.2) is 59.9 Å². The Kier molecular flexibility index (Phi) is 3.84. The van der Waals surface area contributed by atoms with Crippen molar-refractivity contribution in [2.24, 2.45) is 0 Å². The third kappa shape index (κ3) is 2.98. The number of likely N-dealkylation sites (tertiary alicyclic amines) is 2. The minimum atomic E-state index is -0.258. The summed E-state index contributed by atoms with van der Waals surface area (Å²) in [7, 11) is 0. The van der Waals surface area contributed by atoms with Gasteiger partial charge in [-0.05, 0) is 58.3 Å². The molecule has 0 bridgehead atoms. The van der Waals surface area contributed by atoms with Gasteiger partial charge in [0, 0.05) is 6.04 Å². The van der Waals surface area contributed by atoms with Crippen molar-refractivity contribution in [2.45, 2.75) is 50.6 Å². The minimum Gasteiger partial charge on any atom is -0.305 e. The Morgan fingerprint density at radius 1 is 1.16 bits per heavy atom.